The maximum Gasteiger partial charge on any atom is 0.323 e. The molecule has 0 saturated carbocycles. The highest BCUT2D eigenvalue weighted by Gasteiger charge is 2.50. The summed E-state index contributed by atoms with van der Waals surface area (Å²) < 4.78 is 0. The first-order valence-corrected chi connectivity index (χ1v) is 6.41. The fraction of sp³-hybridized carbons (Fsp3) is 0.375. The molecule has 0 aromatic carbocycles. The Morgan fingerprint density at radius 1 is 1.22 bits per heavy atom. The molecule has 2 fully saturated rings. The molecule has 0 aliphatic carbocycles. The Bertz CT molecular complexity index is 478. The standard InChI is InChI=1S/C8H6N2O6S2/c11-2(12)1-10-6(14)4(18-8(10)16)3-5(13)9-7(15)17-3/h3-4H,1H2,(H,11,12)(H,9,13,15)/t3-,4-/m1/s1. The van der Waals surface area contributed by atoms with Gasteiger partial charge in [0.2, 0.25) is 11.8 Å². The minimum Gasteiger partial charge on any atom is -0.480 e. The summed E-state index contributed by atoms with van der Waals surface area (Å²) in [6.07, 6.45) is 0. The molecule has 4 amide bonds. The predicted octanol–water partition coefficient (Wildman–Crippen LogP) is -0.513. The van der Waals surface area contributed by atoms with Crippen molar-refractivity contribution in [1.82, 2.24) is 10.2 Å². The Balaban J connectivity index is 2.15. The van der Waals surface area contributed by atoms with Gasteiger partial charge in [0, 0.05) is 0 Å². The van der Waals surface area contributed by atoms with E-state index in [2.05, 4.69) is 0 Å². The topological polar surface area (TPSA) is 121 Å². The van der Waals surface area contributed by atoms with Gasteiger partial charge < -0.3 is 5.11 Å². The van der Waals surface area contributed by atoms with Crippen LogP contribution in [0.2, 0.25) is 0 Å². The molecule has 0 unspecified atom stereocenters. The van der Waals surface area contributed by atoms with E-state index in [1.807, 2.05) is 5.32 Å². The summed E-state index contributed by atoms with van der Waals surface area (Å²) in [5.74, 6) is -2.71. The normalized spacial score (nSPS) is 27.9. The lowest BCUT2D eigenvalue weighted by atomic mass is 10.2. The van der Waals surface area contributed by atoms with E-state index in [4.69, 9.17) is 5.11 Å². The van der Waals surface area contributed by atoms with Crippen molar-refractivity contribution in [3.8, 4) is 0 Å². The molecule has 0 spiro atoms. The molecule has 2 aliphatic rings. The zero-order valence-corrected chi connectivity index (χ0v) is 10.2. The van der Waals surface area contributed by atoms with Gasteiger partial charge in [0.1, 0.15) is 17.0 Å². The number of nitrogens with zero attached hydrogens (tertiary/aromatic N) is 1. The summed E-state index contributed by atoms with van der Waals surface area (Å²) >= 11 is 1.20. The number of carbonyl (C=O) groups is 5. The van der Waals surface area contributed by atoms with Crippen LogP contribution in [0.1, 0.15) is 0 Å². The highest BCUT2D eigenvalue weighted by atomic mass is 32.2. The van der Waals surface area contributed by atoms with E-state index in [1.54, 1.807) is 0 Å². The van der Waals surface area contributed by atoms with Crippen LogP contribution < -0.4 is 5.32 Å². The maximum atomic E-state index is 11.8. The number of aliphatic carboxylic acids is 1. The molecule has 2 atom stereocenters. The minimum atomic E-state index is -1.32. The molecule has 0 aromatic heterocycles. The van der Waals surface area contributed by atoms with Crippen molar-refractivity contribution in [1.29, 1.82) is 0 Å². The lowest BCUT2D eigenvalue weighted by molar-refractivity contribution is -0.141. The summed E-state index contributed by atoms with van der Waals surface area (Å²) in [5.41, 5.74) is 0. The number of carboxylic acids is 1. The van der Waals surface area contributed by atoms with Crippen LogP contribution in [0.25, 0.3) is 0 Å². The molecule has 2 saturated heterocycles. The van der Waals surface area contributed by atoms with Gasteiger partial charge in [-0.3, -0.25) is 34.2 Å². The van der Waals surface area contributed by atoms with Crippen molar-refractivity contribution in [2.75, 3.05) is 6.54 Å². The van der Waals surface area contributed by atoms with E-state index in [0.717, 1.165) is 0 Å². The third-order valence-corrected chi connectivity index (χ3v) is 4.62. The van der Waals surface area contributed by atoms with Crippen molar-refractivity contribution in [2.24, 2.45) is 0 Å². The van der Waals surface area contributed by atoms with Crippen LogP contribution in [-0.4, -0.2) is 55.3 Å². The SMILES string of the molecule is O=C(O)CN1C(=O)S[C@H]([C@H]2SC(=O)NC2=O)C1=O. The highest BCUT2D eigenvalue weighted by Crippen LogP contribution is 2.36. The first kappa shape index (κ1) is 12.9. The summed E-state index contributed by atoms with van der Waals surface area (Å²) in [6.45, 7) is -0.742. The second-order valence-electron chi connectivity index (χ2n) is 3.44. The van der Waals surface area contributed by atoms with Gasteiger partial charge in [-0.2, -0.15) is 0 Å². The van der Waals surface area contributed by atoms with Gasteiger partial charge in [-0.15, -0.1) is 0 Å². The second kappa shape index (κ2) is 4.61. The first-order valence-electron chi connectivity index (χ1n) is 4.65. The van der Waals surface area contributed by atoms with E-state index >= 15 is 0 Å². The molecule has 10 heteroatoms. The van der Waals surface area contributed by atoms with Crippen molar-refractivity contribution < 1.29 is 29.1 Å². The highest BCUT2D eigenvalue weighted by molar-refractivity contribution is 8.19. The Morgan fingerprint density at radius 2 is 1.89 bits per heavy atom. The number of hydrogen-bond acceptors (Lipinski definition) is 7. The molecule has 0 radical (unpaired) electrons. The van der Waals surface area contributed by atoms with Gasteiger partial charge in [-0.05, 0) is 23.5 Å². The van der Waals surface area contributed by atoms with Crippen molar-refractivity contribution in [3.05, 3.63) is 0 Å². The monoisotopic (exact) mass is 290 g/mol. The number of amides is 4. The molecule has 96 valence electrons. The number of imide groups is 2. The van der Waals surface area contributed by atoms with Crippen molar-refractivity contribution >= 4 is 51.8 Å². The largest absolute Gasteiger partial charge is 0.480 e. The average Bonchev–Trinajstić information content (AvgIpc) is 2.72. The maximum absolute atomic E-state index is 11.8. The van der Waals surface area contributed by atoms with Crippen LogP contribution in [-0.2, 0) is 14.4 Å². The quantitative estimate of drug-likeness (QED) is 0.712. The molecule has 2 aliphatic heterocycles. The number of carbonyl (C=O) groups excluding carboxylic acids is 4. The van der Waals surface area contributed by atoms with Gasteiger partial charge in [-0.1, -0.05) is 0 Å². The van der Waals surface area contributed by atoms with Gasteiger partial charge >= 0.3 is 5.97 Å². The fourth-order valence-corrected chi connectivity index (χ4v) is 3.61. The van der Waals surface area contributed by atoms with Crippen LogP contribution >= 0.6 is 23.5 Å². The summed E-state index contributed by atoms with van der Waals surface area (Å²) in [6, 6.07) is 0. The molecule has 18 heavy (non-hydrogen) atoms. The van der Waals surface area contributed by atoms with E-state index in [9.17, 15) is 24.0 Å². The lowest BCUT2D eigenvalue weighted by Crippen LogP contribution is -2.40. The van der Waals surface area contributed by atoms with Gasteiger partial charge in [-0.25, -0.2) is 0 Å². The molecule has 2 heterocycles. The summed E-state index contributed by atoms with van der Waals surface area (Å²) in [7, 11) is 0. The van der Waals surface area contributed by atoms with Gasteiger partial charge in [0.05, 0.1) is 0 Å². The number of thioether (sulfide) groups is 2. The summed E-state index contributed by atoms with van der Waals surface area (Å²) in [4.78, 5) is 56.7. The Labute approximate surface area is 108 Å². The first-order chi connectivity index (χ1) is 8.40. The Hall–Kier alpha value is -1.55. The number of nitrogens with one attached hydrogen (secondary N) is 1. The lowest BCUT2D eigenvalue weighted by Gasteiger charge is -2.12. The number of hydrogen-bond donors (Lipinski definition) is 2. The molecule has 8 nitrogen and oxygen atoms in total. The van der Waals surface area contributed by atoms with Crippen LogP contribution in [0.3, 0.4) is 0 Å². The molecule has 0 bridgehead atoms. The third kappa shape index (κ3) is 2.20. The Kier molecular flexibility index (Phi) is 3.30. The van der Waals surface area contributed by atoms with E-state index in [1.165, 1.54) is 0 Å². The zero-order valence-electron chi connectivity index (χ0n) is 8.61. The van der Waals surface area contributed by atoms with Crippen LogP contribution in [0.15, 0.2) is 0 Å². The fourth-order valence-electron chi connectivity index (χ4n) is 1.50. The molecular formula is C8H6N2O6S2. The molecule has 2 rings (SSSR count). The van der Waals surface area contributed by atoms with Crippen LogP contribution in [0.5, 0.6) is 0 Å². The predicted molar refractivity (Wildman–Crippen MR) is 61.0 cm³/mol. The smallest absolute Gasteiger partial charge is 0.323 e. The average molecular weight is 290 g/mol. The van der Waals surface area contributed by atoms with Crippen LogP contribution in [0, 0.1) is 0 Å². The third-order valence-electron chi connectivity index (χ3n) is 2.24. The number of carboxylic acid groups (broad SMARTS) is 1. The molecule has 2 N–H and O–H groups in total. The van der Waals surface area contributed by atoms with Crippen LogP contribution in [0.4, 0.5) is 9.59 Å². The van der Waals surface area contributed by atoms with Gasteiger partial charge in [0.15, 0.2) is 0 Å². The molecular weight excluding hydrogens is 284 g/mol. The van der Waals surface area contributed by atoms with Crippen molar-refractivity contribution in [2.45, 2.75) is 10.5 Å². The zero-order chi connectivity index (χ0) is 13.4. The Morgan fingerprint density at radius 3 is 2.39 bits per heavy atom. The van der Waals surface area contributed by atoms with Gasteiger partial charge in [0.25, 0.3) is 10.5 Å². The van der Waals surface area contributed by atoms with Crippen molar-refractivity contribution in [3.63, 3.8) is 0 Å². The summed E-state index contributed by atoms with van der Waals surface area (Å²) in [5, 5.41) is 7.23. The van der Waals surface area contributed by atoms with E-state index in [0.29, 0.717) is 28.4 Å². The number of rotatable bonds is 3. The molecule has 0 aromatic rings. The van der Waals surface area contributed by atoms with E-state index < -0.39 is 45.3 Å². The minimum absolute atomic E-state index is 0.564. The van der Waals surface area contributed by atoms with E-state index in [-0.39, 0.29) is 0 Å². The second-order valence-corrected chi connectivity index (χ2v) is 5.64.